The summed E-state index contributed by atoms with van der Waals surface area (Å²) >= 11 is 0. The number of rotatable bonds is 3. The van der Waals surface area contributed by atoms with E-state index in [0.717, 1.165) is 12.3 Å². The van der Waals surface area contributed by atoms with Gasteiger partial charge in [0, 0.05) is 25.7 Å². The van der Waals surface area contributed by atoms with E-state index in [1.165, 1.54) is 4.90 Å². The lowest BCUT2D eigenvalue weighted by molar-refractivity contribution is -0.133. The number of hydrogen-bond acceptors (Lipinski definition) is 4. The average molecular weight is 356 g/mol. The Balaban J connectivity index is 1.70. The fraction of sp³-hybridized carbons (Fsp3) is 0.562. The zero-order chi connectivity index (χ0) is 18.2. The molecule has 2 fully saturated rings. The highest BCUT2D eigenvalue weighted by atomic mass is 19.3. The molecule has 0 bridgehead atoms. The molecule has 1 N–H and O–H groups in total. The Hall–Kier alpha value is -2.37. The van der Waals surface area contributed by atoms with Crippen molar-refractivity contribution in [3.05, 3.63) is 23.6 Å². The number of alkyl halides is 3. The molecule has 5 nitrogen and oxygen atoms in total. The normalized spacial score (nSPS) is 28.0. The maximum Gasteiger partial charge on any atom is 0.269 e. The first kappa shape index (κ1) is 17.5. The summed E-state index contributed by atoms with van der Waals surface area (Å²) in [7, 11) is 0. The number of aromatic nitrogens is 1. The molecule has 0 spiro atoms. The van der Waals surface area contributed by atoms with Crippen LogP contribution >= 0.6 is 0 Å². The van der Waals surface area contributed by atoms with E-state index in [9.17, 15) is 22.4 Å². The van der Waals surface area contributed by atoms with E-state index in [1.807, 2.05) is 0 Å². The number of hydrogen-bond donors (Lipinski definition) is 1. The molecule has 25 heavy (non-hydrogen) atoms. The molecule has 3 rings (SSSR count). The quantitative estimate of drug-likeness (QED) is 0.845. The summed E-state index contributed by atoms with van der Waals surface area (Å²) in [4.78, 5) is 17.0. The van der Waals surface area contributed by atoms with Gasteiger partial charge in [-0.1, -0.05) is 0 Å². The SMILES string of the molecule is N#Cc1cnc(NC2CCN(C(=O)C3CC3F)CCC2(F)F)c(F)c1. The van der Waals surface area contributed by atoms with E-state index in [4.69, 9.17) is 5.26 Å². The number of anilines is 1. The number of nitrogens with one attached hydrogen (secondary N) is 1. The van der Waals surface area contributed by atoms with Gasteiger partial charge in [-0.05, 0) is 18.9 Å². The molecule has 1 aromatic heterocycles. The molecule has 2 aliphatic rings. The Morgan fingerprint density at radius 2 is 2.16 bits per heavy atom. The predicted molar refractivity (Wildman–Crippen MR) is 80.1 cm³/mol. The maximum absolute atomic E-state index is 14.3. The first-order valence-corrected chi connectivity index (χ1v) is 7.94. The van der Waals surface area contributed by atoms with Crippen LogP contribution in [-0.4, -0.2) is 47.0 Å². The lowest BCUT2D eigenvalue weighted by atomic mass is 10.1. The van der Waals surface area contributed by atoms with Crippen LogP contribution in [0, 0.1) is 23.1 Å². The van der Waals surface area contributed by atoms with E-state index in [0.29, 0.717) is 0 Å². The number of pyridine rings is 1. The lowest BCUT2D eigenvalue weighted by Crippen LogP contribution is -2.40. The Morgan fingerprint density at radius 3 is 2.76 bits per heavy atom. The van der Waals surface area contributed by atoms with Crippen LogP contribution < -0.4 is 5.32 Å². The van der Waals surface area contributed by atoms with E-state index in [2.05, 4.69) is 10.3 Å². The van der Waals surface area contributed by atoms with E-state index >= 15 is 0 Å². The first-order valence-electron chi connectivity index (χ1n) is 7.94. The smallest absolute Gasteiger partial charge is 0.269 e. The van der Waals surface area contributed by atoms with Gasteiger partial charge in [-0.2, -0.15) is 5.26 Å². The van der Waals surface area contributed by atoms with Crippen molar-refractivity contribution < 1.29 is 22.4 Å². The first-order chi connectivity index (χ1) is 11.8. The number of amides is 1. The fourth-order valence-corrected chi connectivity index (χ4v) is 2.89. The molecule has 1 amide bonds. The summed E-state index contributed by atoms with van der Waals surface area (Å²) in [6.07, 6.45) is -0.665. The van der Waals surface area contributed by atoms with E-state index in [1.54, 1.807) is 6.07 Å². The summed E-state index contributed by atoms with van der Waals surface area (Å²) in [5, 5.41) is 11.1. The van der Waals surface area contributed by atoms with Gasteiger partial charge in [0.2, 0.25) is 5.91 Å². The van der Waals surface area contributed by atoms with Gasteiger partial charge >= 0.3 is 0 Å². The van der Waals surface area contributed by atoms with Gasteiger partial charge in [0.05, 0.1) is 17.5 Å². The molecule has 9 heteroatoms. The summed E-state index contributed by atoms with van der Waals surface area (Å²) in [5.41, 5.74) is -0.0161. The van der Waals surface area contributed by atoms with Gasteiger partial charge in [-0.25, -0.2) is 22.5 Å². The molecule has 0 radical (unpaired) electrons. The summed E-state index contributed by atoms with van der Waals surface area (Å²) in [5.74, 6) is -5.60. The molecule has 1 aliphatic heterocycles. The zero-order valence-corrected chi connectivity index (χ0v) is 13.2. The molecule has 2 heterocycles. The minimum Gasteiger partial charge on any atom is -0.359 e. The van der Waals surface area contributed by atoms with Crippen LogP contribution in [0.4, 0.5) is 23.4 Å². The molecule has 1 aromatic rings. The van der Waals surface area contributed by atoms with Crippen molar-refractivity contribution in [1.82, 2.24) is 9.88 Å². The maximum atomic E-state index is 14.3. The van der Waals surface area contributed by atoms with Crippen molar-refractivity contribution in [3.63, 3.8) is 0 Å². The standard InChI is InChI=1S/C16H16F4N4O/c17-11-6-10(11)15(25)24-3-1-13(16(19,20)2-4-24)23-14-12(18)5-9(7-21)8-22-14/h5,8,10-11,13H,1-4,6H2,(H,22,23). The highest BCUT2D eigenvalue weighted by molar-refractivity contribution is 5.82. The molecular formula is C16H16F4N4O. The lowest BCUT2D eigenvalue weighted by Gasteiger charge is -2.25. The van der Waals surface area contributed by atoms with Gasteiger partial charge in [0.1, 0.15) is 12.2 Å². The molecule has 1 saturated heterocycles. The van der Waals surface area contributed by atoms with Crippen molar-refractivity contribution in [2.75, 3.05) is 18.4 Å². The van der Waals surface area contributed by atoms with Crippen LogP contribution in [0.1, 0.15) is 24.8 Å². The van der Waals surface area contributed by atoms with Crippen molar-refractivity contribution >= 4 is 11.7 Å². The zero-order valence-electron chi connectivity index (χ0n) is 13.2. The molecule has 134 valence electrons. The Bertz CT molecular complexity index is 721. The van der Waals surface area contributed by atoms with Gasteiger partial charge in [0.15, 0.2) is 11.6 Å². The van der Waals surface area contributed by atoms with Crippen LogP contribution in [-0.2, 0) is 4.79 Å². The van der Waals surface area contributed by atoms with Crippen LogP contribution in [0.5, 0.6) is 0 Å². The highest BCUT2D eigenvalue weighted by Crippen LogP contribution is 2.37. The van der Waals surface area contributed by atoms with Crippen molar-refractivity contribution in [2.45, 2.75) is 37.4 Å². The summed E-state index contributed by atoms with van der Waals surface area (Å²) < 4.78 is 55.6. The Kier molecular flexibility index (Phi) is 4.54. The fourth-order valence-electron chi connectivity index (χ4n) is 2.89. The van der Waals surface area contributed by atoms with E-state index in [-0.39, 0.29) is 37.3 Å². The number of carbonyl (C=O) groups is 1. The van der Waals surface area contributed by atoms with Crippen molar-refractivity contribution in [3.8, 4) is 6.07 Å². The average Bonchev–Trinajstić information content (AvgIpc) is 3.32. The van der Waals surface area contributed by atoms with Gasteiger partial charge in [-0.15, -0.1) is 0 Å². The van der Waals surface area contributed by atoms with E-state index < -0.39 is 42.2 Å². The summed E-state index contributed by atoms with van der Waals surface area (Å²) in [6, 6.07) is 1.21. The van der Waals surface area contributed by atoms with Crippen LogP contribution in [0.15, 0.2) is 12.3 Å². The number of likely N-dealkylation sites (tertiary alicyclic amines) is 1. The number of nitriles is 1. The highest BCUT2D eigenvalue weighted by Gasteiger charge is 2.48. The number of nitrogens with zero attached hydrogens (tertiary/aromatic N) is 3. The van der Waals surface area contributed by atoms with Crippen LogP contribution in [0.2, 0.25) is 0 Å². The third-order valence-electron chi connectivity index (χ3n) is 4.54. The Labute approximate surface area is 141 Å². The van der Waals surface area contributed by atoms with Crippen molar-refractivity contribution in [2.24, 2.45) is 5.92 Å². The number of halogens is 4. The molecule has 1 aliphatic carbocycles. The molecule has 3 atom stereocenters. The summed E-state index contributed by atoms with van der Waals surface area (Å²) in [6.45, 7) is -0.135. The predicted octanol–water partition coefficient (Wildman–Crippen LogP) is 2.49. The monoisotopic (exact) mass is 356 g/mol. The van der Waals surface area contributed by atoms with Gasteiger partial charge in [-0.3, -0.25) is 4.79 Å². The van der Waals surface area contributed by atoms with Gasteiger partial charge in [0.25, 0.3) is 5.92 Å². The van der Waals surface area contributed by atoms with Crippen LogP contribution in [0.25, 0.3) is 0 Å². The second-order valence-electron chi connectivity index (χ2n) is 6.35. The topological polar surface area (TPSA) is 69.0 Å². The largest absolute Gasteiger partial charge is 0.359 e. The van der Waals surface area contributed by atoms with Crippen LogP contribution in [0.3, 0.4) is 0 Å². The molecular weight excluding hydrogens is 340 g/mol. The third-order valence-corrected chi connectivity index (χ3v) is 4.54. The second-order valence-corrected chi connectivity index (χ2v) is 6.35. The minimum atomic E-state index is -3.18. The molecule has 0 aromatic carbocycles. The minimum absolute atomic E-state index is 0.0161. The van der Waals surface area contributed by atoms with Gasteiger partial charge < -0.3 is 10.2 Å². The number of carbonyl (C=O) groups excluding carboxylic acids is 1. The molecule has 1 saturated carbocycles. The second kappa shape index (κ2) is 6.50. The Morgan fingerprint density at radius 1 is 1.44 bits per heavy atom. The third kappa shape index (κ3) is 3.67. The molecule has 3 unspecified atom stereocenters. The van der Waals surface area contributed by atoms with Crippen molar-refractivity contribution in [1.29, 1.82) is 5.26 Å².